The van der Waals surface area contributed by atoms with Gasteiger partial charge in [0.25, 0.3) is 5.91 Å². The summed E-state index contributed by atoms with van der Waals surface area (Å²) in [5.41, 5.74) is 8.11. The van der Waals surface area contributed by atoms with Crippen LogP contribution in [0.15, 0.2) is 42.7 Å². The van der Waals surface area contributed by atoms with Crippen LogP contribution in [0.1, 0.15) is 22.3 Å². The van der Waals surface area contributed by atoms with E-state index in [2.05, 4.69) is 10.3 Å². The van der Waals surface area contributed by atoms with Gasteiger partial charge in [-0.3, -0.25) is 9.78 Å². The molecule has 110 valence electrons. The Bertz CT molecular complexity index is 600. The number of pyridine rings is 1. The number of nitrogen functional groups attached to an aromatic ring is 1. The fraction of sp³-hybridized carbons (Fsp3) is 0.250. The first-order valence-corrected chi connectivity index (χ1v) is 6.84. The smallest absolute Gasteiger partial charge is 0.251 e. The molecule has 2 rings (SSSR count). The van der Waals surface area contributed by atoms with Gasteiger partial charge in [-0.05, 0) is 49.2 Å². The minimum Gasteiger partial charge on any atom is -0.494 e. The SMILES string of the molecule is Cc1cc(OCCCNC(=O)c2ccncc2)ccc1N. The van der Waals surface area contributed by atoms with Gasteiger partial charge in [-0.1, -0.05) is 0 Å². The molecule has 0 aliphatic heterocycles. The first-order valence-electron chi connectivity index (χ1n) is 6.84. The van der Waals surface area contributed by atoms with Gasteiger partial charge in [-0.25, -0.2) is 0 Å². The van der Waals surface area contributed by atoms with Crippen molar-refractivity contribution in [3.63, 3.8) is 0 Å². The van der Waals surface area contributed by atoms with Gasteiger partial charge in [0.15, 0.2) is 0 Å². The van der Waals surface area contributed by atoms with Gasteiger partial charge in [0.05, 0.1) is 6.61 Å². The lowest BCUT2D eigenvalue weighted by molar-refractivity contribution is 0.0951. The number of nitrogens with zero attached hydrogens (tertiary/aromatic N) is 1. The zero-order valence-corrected chi connectivity index (χ0v) is 12.0. The second-order valence-electron chi connectivity index (χ2n) is 4.71. The highest BCUT2D eigenvalue weighted by Crippen LogP contribution is 2.18. The molecule has 0 bridgehead atoms. The molecule has 0 saturated carbocycles. The van der Waals surface area contributed by atoms with E-state index in [0.717, 1.165) is 23.4 Å². The van der Waals surface area contributed by atoms with Crippen molar-refractivity contribution < 1.29 is 9.53 Å². The molecule has 0 saturated heterocycles. The van der Waals surface area contributed by atoms with Crippen LogP contribution >= 0.6 is 0 Å². The fourth-order valence-electron chi connectivity index (χ4n) is 1.81. The molecule has 5 nitrogen and oxygen atoms in total. The normalized spacial score (nSPS) is 10.1. The van der Waals surface area contributed by atoms with Crippen LogP contribution in [-0.4, -0.2) is 24.0 Å². The molecule has 1 heterocycles. The van der Waals surface area contributed by atoms with E-state index in [4.69, 9.17) is 10.5 Å². The summed E-state index contributed by atoms with van der Waals surface area (Å²) >= 11 is 0. The van der Waals surface area contributed by atoms with Gasteiger partial charge in [0, 0.05) is 30.2 Å². The molecule has 2 aromatic rings. The van der Waals surface area contributed by atoms with Crippen LogP contribution in [0, 0.1) is 6.92 Å². The number of rotatable bonds is 6. The number of anilines is 1. The number of aromatic nitrogens is 1. The third-order valence-corrected chi connectivity index (χ3v) is 3.06. The second kappa shape index (κ2) is 7.28. The van der Waals surface area contributed by atoms with E-state index in [9.17, 15) is 4.79 Å². The Morgan fingerprint density at radius 3 is 2.76 bits per heavy atom. The topological polar surface area (TPSA) is 77.2 Å². The lowest BCUT2D eigenvalue weighted by atomic mass is 10.2. The maximum absolute atomic E-state index is 11.8. The van der Waals surface area contributed by atoms with E-state index in [1.165, 1.54) is 0 Å². The standard InChI is InChI=1S/C16H19N3O2/c1-12-11-14(3-4-15(12)17)21-10-2-7-19-16(20)13-5-8-18-9-6-13/h3-6,8-9,11H,2,7,10,17H2,1H3,(H,19,20). The van der Waals surface area contributed by atoms with Crippen LogP contribution in [-0.2, 0) is 0 Å². The zero-order valence-electron chi connectivity index (χ0n) is 12.0. The quantitative estimate of drug-likeness (QED) is 0.630. The van der Waals surface area contributed by atoms with E-state index < -0.39 is 0 Å². The van der Waals surface area contributed by atoms with Crippen LogP contribution in [0.25, 0.3) is 0 Å². The minimum atomic E-state index is -0.0965. The third kappa shape index (κ3) is 4.49. The highest BCUT2D eigenvalue weighted by molar-refractivity contribution is 5.93. The summed E-state index contributed by atoms with van der Waals surface area (Å²) in [6, 6.07) is 8.95. The van der Waals surface area contributed by atoms with Gasteiger partial charge >= 0.3 is 0 Å². The van der Waals surface area contributed by atoms with Crippen molar-refractivity contribution in [3.8, 4) is 5.75 Å². The highest BCUT2D eigenvalue weighted by Gasteiger charge is 2.03. The lowest BCUT2D eigenvalue weighted by Gasteiger charge is -2.09. The molecule has 0 unspecified atom stereocenters. The molecule has 0 aliphatic rings. The minimum absolute atomic E-state index is 0.0965. The van der Waals surface area contributed by atoms with Crippen molar-refractivity contribution in [1.82, 2.24) is 10.3 Å². The number of nitrogens with one attached hydrogen (secondary N) is 1. The van der Waals surface area contributed by atoms with E-state index in [0.29, 0.717) is 18.7 Å². The lowest BCUT2D eigenvalue weighted by Crippen LogP contribution is -2.25. The Kier molecular flexibility index (Phi) is 5.15. The number of carbonyl (C=O) groups excluding carboxylic acids is 1. The second-order valence-corrected chi connectivity index (χ2v) is 4.71. The number of nitrogens with two attached hydrogens (primary N) is 1. The number of hydrogen-bond acceptors (Lipinski definition) is 4. The molecular weight excluding hydrogens is 266 g/mol. The van der Waals surface area contributed by atoms with Crippen molar-refractivity contribution in [2.75, 3.05) is 18.9 Å². The summed E-state index contributed by atoms with van der Waals surface area (Å²) in [6.45, 7) is 3.05. The molecular formula is C16H19N3O2. The number of ether oxygens (including phenoxy) is 1. The van der Waals surface area contributed by atoms with Crippen molar-refractivity contribution >= 4 is 11.6 Å². The van der Waals surface area contributed by atoms with Gasteiger partial charge in [-0.2, -0.15) is 0 Å². The summed E-state index contributed by atoms with van der Waals surface area (Å²) in [5.74, 6) is 0.697. The molecule has 1 aromatic heterocycles. The molecule has 0 fully saturated rings. The van der Waals surface area contributed by atoms with E-state index in [1.807, 2.05) is 25.1 Å². The third-order valence-electron chi connectivity index (χ3n) is 3.06. The summed E-state index contributed by atoms with van der Waals surface area (Å²) < 4.78 is 5.61. The van der Waals surface area contributed by atoms with Crippen molar-refractivity contribution in [3.05, 3.63) is 53.9 Å². The largest absolute Gasteiger partial charge is 0.494 e. The molecule has 1 amide bonds. The molecule has 5 heteroatoms. The molecule has 0 spiro atoms. The molecule has 1 aromatic carbocycles. The Labute approximate surface area is 124 Å². The Morgan fingerprint density at radius 2 is 2.05 bits per heavy atom. The summed E-state index contributed by atoms with van der Waals surface area (Å²) in [4.78, 5) is 15.6. The predicted molar refractivity (Wildman–Crippen MR) is 82.3 cm³/mol. The highest BCUT2D eigenvalue weighted by atomic mass is 16.5. The number of carbonyl (C=O) groups is 1. The van der Waals surface area contributed by atoms with Crippen LogP contribution in [0.2, 0.25) is 0 Å². The maximum Gasteiger partial charge on any atom is 0.251 e. The van der Waals surface area contributed by atoms with Crippen molar-refractivity contribution in [2.24, 2.45) is 0 Å². The molecule has 0 radical (unpaired) electrons. The van der Waals surface area contributed by atoms with Crippen molar-refractivity contribution in [2.45, 2.75) is 13.3 Å². The number of hydrogen-bond donors (Lipinski definition) is 2. The molecule has 0 aliphatic carbocycles. The van der Waals surface area contributed by atoms with E-state index in [-0.39, 0.29) is 5.91 Å². The molecule has 21 heavy (non-hydrogen) atoms. The fourth-order valence-corrected chi connectivity index (χ4v) is 1.81. The number of aryl methyl sites for hydroxylation is 1. The first kappa shape index (κ1) is 14.8. The zero-order chi connectivity index (χ0) is 15.1. The molecule has 0 atom stereocenters. The number of amides is 1. The van der Waals surface area contributed by atoms with Gasteiger partial charge in [0.1, 0.15) is 5.75 Å². The average Bonchev–Trinajstić information content (AvgIpc) is 2.51. The first-order chi connectivity index (χ1) is 10.2. The van der Waals surface area contributed by atoms with Gasteiger partial charge in [0.2, 0.25) is 0 Å². The maximum atomic E-state index is 11.8. The van der Waals surface area contributed by atoms with Crippen LogP contribution in [0.5, 0.6) is 5.75 Å². The Hall–Kier alpha value is -2.56. The average molecular weight is 285 g/mol. The van der Waals surface area contributed by atoms with Gasteiger partial charge in [-0.15, -0.1) is 0 Å². The molecule has 3 N–H and O–H groups in total. The van der Waals surface area contributed by atoms with Crippen molar-refractivity contribution in [1.29, 1.82) is 0 Å². The monoisotopic (exact) mass is 285 g/mol. The summed E-state index contributed by atoms with van der Waals surface area (Å²) in [5, 5.41) is 2.84. The van der Waals surface area contributed by atoms with Crippen LogP contribution in [0.4, 0.5) is 5.69 Å². The summed E-state index contributed by atoms with van der Waals surface area (Å²) in [6.07, 6.45) is 3.93. The van der Waals surface area contributed by atoms with Crippen LogP contribution < -0.4 is 15.8 Å². The summed E-state index contributed by atoms with van der Waals surface area (Å²) in [7, 11) is 0. The van der Waals surface area contributed by atoms with E-state index in [1.54, 1.807) is 24.5 Å². The predicted octanol–water partition coefficient (Wildman–Crippen LogP) is 2.17. The van der Waals surface area contributed by atoms with Gasteiger partial charge < -0.3 is 15.8 Å². The van der Waals surface area contributed by atoms with Crippen LogP contribution in [0.3, 0.4) is 0 Å². The number of benzene rings is 1. The van der Waals surface area contributed by atoms with E-state index >= 15 is 0 Å². The Morgan fingerprint density at radius 1 is 1.29 bits per heavy atom. The Balaban J connectivity index is 1.68.